The van der Waals surface area contributed by atoms with Gasteiger partial charge in [-0.2, -0.15) is 4.31 Å². The lowest BCUT2D eigenvalue weighted by molar-refractivity contribution is 0.385. The summed E-state index contributed by atoms with van der Waals surface area (Å²) in [6, 6.07) is 14.2. The van der Waals surface area contributed by atoms with Gasteiger partial charge < -0.3 is 4.90 Å². The molecule has 2 aromatic carbocycles. The Kier molecular flexibility index (Phi) is 4.76. The van der Waals surface area contributed by atoms with Crippen LogP contribution in [0.2, 0.25) is 0 Å². The lowest BCUT2D eigenvalue weighted by Gasteiger charge is -2.35. The van der Waals surface area contributed by atoms with Crippen LogP contribution in [0.25, 0.3) is 0 Å². The number of sulfonamides is 1. The van der Waals surface area contributed by atoms with Gasteiger partial charge in [-0.05, 0) is 68.0 Å². The minimum atomic E-state index is -3.40. The minimum absolute atomic E-state index is 0.460. The van der Waals surface area contributed by atoms with Crippen molar-refractivity contribution >= 4 is 15.7 Å². The molecule has 26 heavy (non-hydrogen) atoms. The summed E-state index contributed by atoms with van der Waals surface area (Å²) in [6.07, 6.45) is 4.44. The maximum atomic E-state index is 13.1. The van der Waals surface area contributed by atoms with Gasteiger partial charge in [-0.1, -0.05) is 23.8 Å². The molecule has 0 unspecified atom stereocenters. The van der Waals surface area contributed by atoms with Crippen molar-refractivity contribution in [1.82, 2.24) is 4.31 Å². The van der Waals surface area contributed by atoms with Crippen LogP contribution in [0, 0.1) is 6.92 Å². The highest BCUT2D eigenvalue weighted by molar-refractivity contribution is 7.89. The Labute approximate surface area is 156 Å². The number of aryl methyl sites for hydroxylation is 3. The van der Waals surface area contributed by atoms with Crippen LogP contribution in [0.15, 0.2) is 47.4 Å². The van der Waals surface area contributed by atoms with Crippen LogP contribution in [0.3, 0.4) is 0 Å². The Bertz CT molecular complexity index is 883. The van der Waals surface area contributed by atoms with Gasteiger partial charge in [-0.3, -0.25) is 0 Å². The van der Waals surface area contributed by atoms with E-state index in [2.05, 4.69) is 36.1 Å². The first kappa shape index (κ1) is 17.6. The van der Waals surface area contributed by atoms with Gasteiger partial charge in [0.15, 0.2) is 0 Å². The van der Waals surface area contributed by atoms with Crippen molar-refractivity contribution in [2.24, 2.45) is 0 Å². The molecular weight excluding hydrogens is 344 g/mol. The zero-order valence-corrected chi connectivity index (χ0v) is 16.1. The first-order valence-corrected chi connectivity index (χ1v) is 10.9. The van der Waals surface area contributed by atoms with Crippen LogP contribution in [0.1, 0.15) is 29.5 Å². The number of nitrogens with zero attached hydrogens (tertiary/aromatic N) is 2. The normalized spacial score (nSPS) is 18.6. The molecule has 4 rings (SSSR count). The van der Waals surface area contributed by atoms with E-state index < -0.39 is 10.0 Å². The van der Waals surface area contributed by atoms with Crippen molar-refractivity contribution in [1.29, 1.82) is 0 Å². The van der Waals surface area contributed by atoms with Crippen LogP contribution in [-0.2, 0) is 22.9 Å². The first-order chi connectivity index (χ1) is 12.5. The molecule has 0 bridgehead atoms. The SMILES string of the molecule is Cc1ccc(N2CCN(S(=O)(=O)c3ccc4c(c3)CCCC4)CC2)cc1. The third kappa shape index (κ3) is 3.38. The predicted molar refractivity (Wildman–Crippen MR) is 105 cm³/mol. The van der Waals surface area contributed by atoms with Gasteiger partial charge in [0.2, 0.25) is 10.0 Å². The summed E-state index contributed by atoms with van der Waals surface area (Å²) < 4.78 is 27.8. The van der Waals surface area contributed by atoms with Gasteiger partial charge in [0, 0.05) is 31.9 Å². The third-order valence-corrected chi connectivity index (χ3v) is 7.49. The van der Waals surface area contributed by atoms with Crippen LogP contribution >= 0.6 is 0 Å². The summed E-state index contributed by atoms with van der Waals surface area (Å²) in [7, 11) is -3.40. The molecule has 0 saturated carbocycles. The smallest absolute Gasteiger partial charge is 0.243 e. The van der Waals surface area contributed by atoms with Crippen molar-refractivity contribution < 1.29 is 8.42 Å². The molecule has 4 nitrogen and oxygen atoms in total. The Morgan fingerprint density at radius 2 is 1.46 bits per heavy atom. The van der Waals surface area contributed by atoms with Crippen LogP contribution in [0.5, 0.6) is 0 Å². The summed E-state index contributed by atoms with van der Waals surface area (Å²) in [6.45, 7) is 4.61. The highest BCUT2D eigenvalue weighted by atomic mass is 32.2. The van der Waals surface area contributed by atoms with Gasteiger partial charge in [0.05, 0.1) is 4.90 Å². The van der Waals surface area contributed by atoms with Crippen molar-refractivity contribution in [3.05, 3.63) is 59.2 Å². The summed E-state index contributed by atoms with van der Waals surface area (Å²) in [5.41, 5.74) is 4.94. The molecule has 1 fully saturated rings. The molecule has 0 N–H and O–H groups in total. The van der Waals surface area contributed by atoms with Gasteiger partial charge in [0.1, 0.15) is 0 Å². The summed E-state index contributed by atoms with van der Waals surface area (Å²) >= 11 is 0. The number of hydrogen-bond donors (Lipinski definition) is 0. The predicted octanol–water partition coefficient (Wildman–Crippen LogP) is 3.38. The lowest BCUT2D eigenvalue weighted by atomic mass is 9.92. The van der Waals surface area contributed by atoms with Crippen LogP contribution in [-0.4, -0.2) is 38.9 Å². The summed E-state index contributed by atoms with van der Waals surface area (Å²) in [5, 5.41) is 0. The van der Waals surface area contributed by atoms with E-state index >= 15 is 0 Å². The number of rotatable bonds is 3. The van der Waals surface area contributed by atoms with E-state index in [1.54, 1.807) is 10.4 Å². The Morgan fingerprint density at radius 3 is 2.15 bits per heavy atom. The fraction of sp³-hybridized carbons (Fsp3) is 0.429. The second kappa shape index (κ2) is 7.05. The number of hydrogen-bond acceptors (Lipinski definition) is 3. The second-order valence-corrected chi connectivity index (χ2v) is 9.30. The van der Waals surface area contributed by atoms with Crippen molar-refractivity contribution in [2.45, 2.75) is 37.5 Å². The summed E-state index contributed by atoms with van der Waals surface area (Å²) in [5.74, 6) is 0. The number of piperazine rings is 1. The quantitative estimate of drug-likeness (QED) is 0.832. The van der Waals surface area contributed by atoms with E-state index in [-0.39, 0.29) is 0 Å². The highest BCUT2D eigenvalue weighted by Gasteiger charge is 2.29. The largest absolute Gasteiger partial charge is 0.369 e. The van der Waals surface area contributed by atoms with E-state index in [0.717, 1.165) is 32.4 Å². The molecule has 2 aliphatic rings. The topological polar surface area (TPSA) is 40.6 Å². The van der Waals surface area contributed by atoms with Gasteiger partial charge in [0.25, 0.3) is 0 Å². The number of anilines is 1. The molecule has 1 aliphatic heterocycles. The molecule has 0 spiro atoms. The molecule has 0 radical (unpaired) electrons. The fourth-order valence-electron chi connectivity index (χ4n) is 3.96. The van der Waals surface area contributed by atoms with E-state index in [1.165, 1.54) is 28.8 Å². The Hall–Kier alpha value is -1.85. The maximum Gasteiger partial charge on any atom is 0.243 e. The molecule has 5 heteroatoms. The molecule has 2 aromatic rings. The monoisotopic (exact) mass is 370 g/mol. The number of benzene rings is 2. The van der Waals surface area contributed by atoms with Crippen molar-refractivity contribution in [2.75, 3.05) is 31.1 Å². The zero-order valence-electron chi connectivity index (χ0n) is 15.3. The lowest BCUT2D eigenvalue weighted by Crippen LogP contribution is -2.48. The first-order valence-electron chi connectivity index (χ1n) is 9.48. The van der Waals surface area contributed by atoms with Crippen LogP contribution in [0.4, 0.5) is 5.69 Å². The van der Waals surface area contributed by atoms with E-state index in [9.17, 15) is 8.42 Å². The fourth-order valence-corrected chi connectivity index (χ4v) is 5.43. The summed E-state index contributed by atoms with van der Waals surface area (Å²) in [4.78, 5) is 2.72. The van der Waals surface area contributed by atoms with E-state index in [1.807, 2.05) is 12.1 Å². The molecule has 1 heterocycles. The Morgan fingerprint density at radius 1 is 0.808 bits per heavy atom. The minimum Gasteiger partial charge on any atom is -0.369 e. The van der Waals surface area contributed by atoms with Crippen LogP contribution < -0.4 is 4.90 Å². The molecular formula is C21H26N2O2S. The molecule has 1 saturated heterocycles. The standard InChI is InChI=1S/C21H26N2O2S/c1-17-6-9-20(10-7-17)22-12-14-23(15-13-22)26(24,25)21-11-8-18-4-2-3-5-19(18)16-21/h6-11,16H,2-5,12-15H2,1H3. The average Bonchev–Trinajstić information content (AvgIpc) is 2.68. The highest BCUT2D eigenvalue weighted by Crippen LogP contribution is 2.27. The van der Waals surface area contributed by atoms with E-state index in [4.69, 9.17) is 0 Å². The van der Waals surface area contributed by atoms with Crippen molar-refractivity contribution in [3.63, 3.8) is 0 Å². The molecule has 0 aromatic heterocycles. The number of fused-ring (bicyclic) bond motifs is 1. The van der Waals surface area contributed by atoms with Crippen molar-refractivity contribution in [3.8, 4) is 0 Å². The third-order valence-electron chi connectivity index (χ3n) is 5.60. The maximum absolute atomic E-state index is 13.1. The van der Waals surface area contributed by atoms with E-state index in [0.29, 0.717) is 18.0 Å². The molecule has 0 atom stereocenters. The van der Waals surface area contributed by atoms with Gasteiger partial charge in [-0.15, -0.1) is 0 Å². The molecule has 1 aliphatic carbocycles. The average molecular weight is 371 g/mol. The Balaban J connectivity index is 1.48. The molecule has 0 amide bonds. The molecule has 138 valence electrons. The zero-order chi connectivity index (χ0) is 18.1. The second-order valence-electron chi connectivity index (χ2n) is 7.36. The van der Waals surface area contributed by atoms with Gasteiger partial charge in [-0.25, -0.2) is 8.42 Å². The van der Waals surface area contributed by atoms with Gasteiger partial charge >= 0.3 is 0 Å².